The molecule has 0 aliphatic carbocycles. The van der Waals surface area contributed by atoms with Crippen LogP contribution in [0.25, 0.3) is 17.0 Å². The number of fused-ring (bicyclic) bond motifs is 1. The van der Waals surface area contributed by atoms with Crippen LogP contribution < -0.4 is 10.9 Å². The van der Waals surface area contributed by atoms with Crippen LogP contribution in [0.15, 0.2) is 57.6 Å². The maximum absolute atomic E-state index is 12.0. The van der Waals surface area contributed by atoms with Crippen molar-refractivity contribution in [1.82, 2.24) is 15.4 Å². The van der Waals surface area contributed by atoms with E-state index in [-0.39, 0.29) is 0 Å². The van der Waals surface area contributed by atoms with Crippen LogP contribution in [-0.2, 0) is 11.8 Å². The van der Waals surface area contributed by atoms with Gasteiger partial charge in [0.1, 0.15) is 17.0 Å². The fourth-order valence-corrected chi connectivity index (χ4v) is 2.74. The van der Waals surface area contributed by atoms with Crippen LogP contribution in [0, 0.1) is 0 Å². The zero-order valence-corrected chi connectivity index (χ0v) is 14.3. The number of nitrogens with zero attached hydrogens (tertiary/aromatic N) is 1. The first-order valence-corrected chi connectivity index (χ1v) is 7.91. The molecule has 6 nitrogen and oxygen atoms in total. The Morgan fingerprint density at radius 2 is 2.00 bits per heavy atom. The molecular formula is C17H14BrN3O3. The number of para-hydroxylation sites is 1. The van der Waals surface area contributed by atoms with E-state index in [0.717, 1.165) is 15.4 Å². The van der Waals surface area contributed by atoms with Gasteiger partial charge in [-0.1, -0.05) is 18.2 Å². The highest BCUT2D eigenvalue weighted by molar-refractivity contribution is 9.10. The first-order chi connectivity index (χ1) is 11.5. The number of amides is 2. The van der Waals surface area contributed by atoms with E-state index in [1.54, 1.807) is 30.0 Å². The molecule has 0 aliphatic rings. The number of hydrogen-bond acceptors (Lipinski definition) is 3. The van der Waals surface area contributed by atoms with Gasteiger partial charge in [0, 0.05) is 29.2 Å². The minimum absolute atomic E-state index is 0.409. The average Bonchev–Trinajstić information content (AvgIpc) is 3.12. The van der Waals surface area contributed by atoms with Gasteiger partial charge in [0.15, 0.2) is 0 Å². The topological polar surface area (TPSA) is 76.3 Å². The van der Waals surface area contributed by atoms with Crippen molar-refractivity contribution in [1.29, 1.82) is 0 Å². The van der Waals surface area contributed by atoms with Gasteiger partial charge in [-0.3, -0.25) is 20.4 Å². The quantitative estimate of drug-likeness (QED) is 0.535. The third-order valence-corrected chi connectivity index (χ3v) is 3.78. The zero-order chi connectivity index (χ0) is 17.1. The smallest absolute Gasteiger partial charge is 0.286 e. The van der Waals surface area contributed by atoms with E-state index in [1.165, 1.54) is 6.08 Å². The lowest BCUT2D eigenvalue weighted by molar-refractivity contribution is -0.117. The normalized spacial score (nSPS) is 11.1. The van der Waals surface area contributed by atoms with Crippen LogP contribution in [0.1, 0.15) is 16.2 Å². The molecule has 24 heavy (non-hydrogen) atoms. The van der Waals surface area contributed by atoms with Crippen LogP contribution in [-0.4, -0.2) is 16.4 Å². The standard InChI is InChI=1S/C17H14BrN3O3/c1-21-10-12(18)9-14(21)17(23)20-19-16(22)7-6-13-8-11-4-2-3-5-15(11)24-13/h2-10H,1H3,(H,19,22)(H,20,23)/b7-6+. The van der Waals surface area contributed by atoms with Crippen molar-refractivity contribution < 1.29 is 14.0 Å². The van der Waals surface area contributed by atoms with Gasteiger partial charge >= 0.3 is 0 Å². The molecule has 0 spiro atoms. The molecule has 2 heterocycles. The Hall–Kier alpha value is -2.80. The first kappa shape index (κ1) is 16.1. The number of carbonyl (C=O) groups is 2. The van der Waals surface area contributed by atoms with E-state index in [1.807, 2.05) is 30.3 Å². The van der Waals surface area contributed by atoms with Gasteiger partial charge in [0.05, 0.1) is 0 Å². The van der Waals surface area contributed by atoms with Gasteiger partial charge in [-0.05, 0) is 40.2 Å². The van der Waals surface area contributed by atoms with Gasteiger partial charge in [0.2, 0.25) is 0 Å². The molecule has 122 valence electrons. The SMILES string of the molecule is Cn1cc(Br)cc1C(=O)NNC(=O)/C=C/c1cc2ccccc2o1. The summed E-state index contributed by atoms with van der Waals surface area (Å²) in [5.41, 5.74) is 5.85. The molecule has 3 rings (SSSR count). The van der Waals surface area contributed by atoms with Crippen LogP contribution in [0.3, 0.4) is 0 Å². The Kier molecular flexibility index (Phi) is 4.52. The van der Waals surface area contributed by atoms with Crippen molar-refractivity contribution in [2.45, 2.75) is 0 Å². The number of rotatable bonds is 3. The summed E-state index contributed by atoms with van der Waals surface area (Å²) in [7, 11) is 1.74. The molecule has 1 aromatic carbocycles. The van der Waals surface area contributed by atoms with Crippen LogP contribution in [0.4, 0.5) is 0 Å². The second-order valence-electron chi connectivity index (χ2n) is 5.12. The molecule has 0 fully saturated rings. The molecule has 3 aromatic rings. The highest BCUT2D eigenvalue weighted by Gasteiger charge is 2.11. The highest BCUT2D eigenvalue weighted by atomic mass is 79.9. The van der Waals surface area contributed by atoms with Crippen LogP contribution in [0.5, 0.6) is 0 Å². The van der Waals surface area contributed by atoms with Crippen molar-refractivity contribution in [3.8, 4) is 0 Å². The number of aromatic nitrogens is 1. The van der Waals surface area contributed by atoms with E-state index in [9.17, 15) is 9.59 Å². The number of halogens is 1. The number of hydrazine groups is 1. The summed E-state index contributed by atoms with van der Waals surface area (Å²) in [6.45, 7) is 0. The number of benzene rings is 1. The lowest BCUT2D eigenvalue weighted by Gasteiger charge is -2.05. The van der Waals surface area contributed by atoms with Crippen molar-refractivity contribution in [2.75, 3.05) is 0 Å². The lowest BCUT2D eigenvalue weighted by Crippen LogP contribution is -2.41. The molecule has 7 heteroatoms. The van der Waals surface area contributed by atoms with Gasteiger partial charge in [-0.25, -0.2) is 0 Å². The Morgan fingerprint density at radius 3 is 2.71 bits per heavy atom. The largest absolute Gasteiger partial charge is 0.457 e. The van der Waals surface area contributed by atoms with Gasteiger partial charge < -0.3 is 8.98 Å². The van der Waals surface area contributed by atoms with E-state index in [4.69, 9.17) is 4.42 Å². The summed E-state index contributed by atoms with van der Waals surface area (Å²) < 4.78 is 8.00. The maximum atomic E-state index is 12.0. The molecule has 0 radical (unpaired) electrons. The lowest BCUT2D eigenvalue weighted by atomic mass is 10.2. The Balaban J connectivity index is 1.59. The predicted molar refractivity (Wildman–Crippen MR) is 94.0 cm³/mol. The number of hydrogen-bond donors (Lipinski definition) is 2. The third kappa shape index (κ3) is 3.57. The second-order valence-corrected chi connectivity index (χ2v) is 6.03. The third-order valence-electron chi connectivity index (χ3n) is 3.35. The van der Waals surface area contributed by atoms with Crippen molar-refractivity contribution in [2.24, 2.45) is 7.05 Å². The Labute approximate surface area is 146 Å². The molecule has 2 N–H and O–H groups in total. The van der Waals surface area contributed by atoms with Crippen LogP contribution >= 0.6 is 15.9 Å². The molecule has 2 amide bonds. The van der Waals surface area contributed by atoms with E-state index < -0.39 is 11.8 Å². The van der Waals surface area contributed by atoms with E-state index >= 15 is 0 Å². The number of nitrogens with one attached hydrogen (secondary N) is 2. The molecule has 0 bridgehead atoms. The predicted octanol–water partition coefficient (Wildman–Crippen LogP) is 3.01. The van der Waals surface area contributed by atoms with Crippen molar-refractivity contribution >= 4 is 44.8 Å². The maximum Gasteiger partial charge on any atom is 0.286 e. The molecule has 0 saturated carbocycles. The molecular weight excluding hydrogens is 374 g/mol. The van der Waals surface area contributed by atoms with Crippen LogP contribution in [0.2, 0.25) is 0 Å². The molecule has 2 aromatic heterocycles. The summed E-state index contributed by atoms with van der Waals surface area (Å²) in [6.07, 6.45) is 4.58. The Morgan fingerprint density at radius 1 is 1.21 bits per heavy atom. The van der Waals surface area contributed by atoms with Crippen molar-refractivity contribution in [3.63, 3.8) is 0 Å². The van der Waals surface area contributed by atoms with Gasteiger partial charge in [0.25, 0.3) is 11.8 Å². The molecule has 0 aliphatic heterocycles. The molecule has 0 unspecified atom stereocenters. The van der Waals surface area contributed by atoms with Gasteiger partial charge in [-0.15, -0.1) is 0 Å². The fraction of sp³-hybridized carbons (Fsp3) is 0.0588. The molecule has 0 saturated heterocycles. The first-order valence-electron chi connectivity index (χ1n) is 7.12. The minimum atomic E-state index is -0.461. The van der Waals surface area contributed by atoms with Gasteiger partial charge in [-0.2, -0.15) is 0 Å². The number of furan rings is 1. The monoisotopic (exact) mass is 387 g/mol. The second kappa shape index (κ2) is 6.76. The fourth-order valence-electron chi connectivity index (χ4n) is 2.22. The highest BCUT2D eigenvalue weighted by Crippen LogP contribution is 2.19. The summed E-state index contributed by atoms with van der Waals surface area (Å²) in [5.74, 6) is -0.310. The minimum Gasteiger partial charge on any atom is -0.457 e. The van der Waals surface area contributed by atoms with E-state index in [0.29, 0.717) is 11.5 Å². The van der Waals surface area contributed by atoms with Crippen molar-refractivity contribution in [3.05, 3.63) is 64.6 Å². The summed E-state index contributed by atoms with van der Waals surface area (Å²) in [5, 5.41) is 0.958. The molecule has 0 atom stereocenters. The number of carbonyl (C=O) groups excluding carboxylic acids is 2. The summed E-state index contributed by atoms with van der Waals surface area (Å²) >= 11 is 3.29. The average molecular weight is 388 g/mol. The Bertz CT molecular complexity index is 907. The number of aryl methyl sites for hydroxylation is 1. The summed E-state index contributed by atoms with van der Waals surface area (Å²) in [4.78, 5) is 23.8. The zero-order valence-electron chi connectivity index (χ0n) is 12.7. The summed E-state index contributed by atoms with van der Waals surface area (Å²) in [6, 6.07) is 11.1. The van der Waals surface area contributed by atoms with E-state index in [2.05, 4.69) is 26.8 Å².